The lowest BCUT2D eigenvalue weighted by Gasteiger charge is -2.14. The molecule has 0 spiro atoms. The van der Waals surface area contributed by atoms with Crippen molar-refractivity contribution in [3.8, 4) is 0 Å². The maximum atomic E-state index is 11.4. The number of esters is 1. The van der Waals surface area contributed by atoms with E-state index in [9.17, 15) is 4.79 Å². The predicted molar refractivity (Wildman–Crippen MR) is 105 cm³/mol. The second-order valence-corrected chi connectivity index (χ2v) is 7.82. The molecule has 3 rings (SSSR count). The molecule has 0 amide bonds. The Kier molecular flexibility index (Phi) is 4.99. The number of nitrogens with one attached hydrogen (secondary N) is 1. The highest BCUT2D eigenvalue weighted by molar-refractivity contribution is 7.18. The summed E-state index contributed by atoms with van der Waals surface area (Å²) in [5, 5.41) is 5.21. The summed E-state index contributed by atoms with van der Waals surface area (Å²) in [6.07, 6.45) is 3.21. The Morgan fingerprint density at radius 3 is 2.62 bits per heavy atom. The molecule has 0 bridgehead atoms. The molecular weight excluding hydrogens is 348 g/mol. The number of thiophene rings is 1. The first kappa shape index (κ1) is 18.0. The van der Waals surface area contributed by atoms with Gasteiger partial charge in [-0.05, 0) is 29.2 Å². The Morgan fingerprint density at radius 2 is 1.96 bits per heavy atom. The summed E-state index contributed by atoms with van der Waals surface area (Å²) in [5.41, 5.74) is 4.41. The smallest absolute Gasteiger partial charge is 0.337 e. The lowest BCUT2D eigenvalue weighted by Crippen LogP contribution is -2.07. The van der Waals surface area contributed by atoms with Crippen LogP contribution in [0.4, 0.5) is 5.82 Å². The molecule has 134 valence electrons. The number of rotatable bonds is 4. The van der Waals surface area contributed by atoms with Gasteiger partial charge in [-0.15, -0.1) is 11.3 Å². The lowest BCUT2D eigenvalue weighted by molar-refractivity contribution is 0.0600. The van der Waals surface area contributed by atoms with Crippen molar-refractivity contribution in [1.82, 2.24) is 9.97 Å². The molecule has 0 saturated heterocycles. The minimum Gasteiger partial charge on any atom is -0.465 e. The van der Waals surface area contributed by atoms with E-state index in [1.54, 1.807) is 41.8 Å². The van der Waals surface area contributed by atoms with Crippen molar-refractivity contribution < 1.29 is 9.53 Å². The standard InChI is InChI=1S/C19H20N4O2S/c1-19(2,3)15-9-14-16(20-11-21-17(14)26-15)23-22-10-12-5-7-13(8-6-12)18(24)25-4/h5-11H,1-4H3,(H,20,21,23)/b22-10+. The van der Waals surface area contributed by atoms with Crippen LogP contribution in [0.25, 0.3) is 10.2 Å². The van der Waals surface area contributed by atoms with Gasteiger partial charge in [0.25, 0.3) is 0 Å². The average molecular weight is 368 g/mol. The number of methoxy groups -OCH3 is 1. The molecule has 0 aliphatic carbocycles. The molecule has 2 heterocycles. The van der Waals surface area contributed by atoms with Crippen molar-refractivity contribution in [2.45, 2.75) is 26.2 Å². The summed E-state index contributed by atoms with van der Waals surface area (Å²) in [6, 6.07) is 9.11. The minimum absolute atomic E-state index is 0.0628. The van der Waals surface area contributed by atoms with Gasteiger partial charge >= 0.3 is 5.97 Å². The van der Waals surface area contributed by atoms with Gasteiger partial charge in [-0.1, -0.05) is 32.9 Å². The topological polar surface area (TPSA) is 76.5 Å². The molecule has 2 aromatic heterocycles. The number of benzene rings is 1. The molecule has 6 nitrogen and oxygen atoms in total. The van der Waals surface area contributed by atoms with Gasteiger partial charge in [0.2, 0.25) is 0 Å². The van der Waals surface area contributed by atoms with Crippen LogP contribution in [-0.2, 0) is 10.2 Å². The molecule has 26 heavy (non-hydrogen) atoms. The maximum absolute atomic E-state index is 11.4. The van der Waals surface area contributed by atoms with E-state index in [2.05, 4.69) is 52.1 Å². The van der Waals surface area contributed by atoms with E-state index in [1.807, 2.05) is 0 Å². The molecule has 0 aliphatic heterocycles. The Hall–Kier alpha value is -2.80. The van der Waals surface area contributed by atoms with Crippen LogP contribution in [0.15, 0.2) is 41.8 Å². The van der Waals surface area contributed by atoms with Crippen LogP contribution in [0.3, 0.4) is 0 Å². The molecule has 0 unspecified atom stereocenters. The molecule has 7 heteroatoms. The summed E-state index contributed by atoms with van der Waals surface area (Å²) in [7, 11) is 1.36. The molecule has 0 atom stereocenters. The van der Waals surface area contributed by atoms with E-state index in [0.717, 1.165) is 15.8 Å². The van der Waals surface area contributed by atoms with Crippen molar-refractivity contribution in [3.63, 3.8) is 0 Å². The molecule has 0 fully saturated rings. The highest BCUT2D eigenvalue weighted by atomic mass is 32.1. The van der Waals surface area contributed by atoms with Crippen molar-refractivity contribution >= 4 is 39.6 Å². The van der Waals surface area contributed by atoms with Gasteiger partial charge in [-0.2, -0.15) is 5.10 Å². The molecule has 1 aromatic carbocycles. The Balaban J connectivity index is 1.78. The first-order valence-corrected chi connectivity index (χ1v) is 8.92. The number of carbonyl (C=O) groups excluding carboxylic acids is 1. The molecule has 3 aromatic rings. The number of fused-ring (bicyclic) bond motifs is 1. The zero-order valence-electron chi connectivity index (χ0n) is 15.1. The number of nitrogens with zero attached hydrogens (tertiary/aromatic N) is 3. The van der Waals surface area contributed by atoms with Crippen LogP contribution in [-0.4, -0.2) is 29.3 Å². The molecule has 0 radical (unpaired) electrons. The first-order valence-electron chi connectivity index (χ1n) is 8.11. The average Bonchev–Trinajstić information content (AvgIpc) is 3.07. The van der Waals surface area contributed by atoms with Gasteiger partial charge in [0.05, 0.1) is 24.3 Å². The van der Waals surface area contributed by atoms with E-state index >= 15 is 0 Å². The zero-order chi connectivity index (χ0) is 18.7. The molecule has 1 N–H and O–H groups in total. The van der Waals surface area contributed by atoms with Crippen molar-refractivity contribution in [1.29, 1.82) is 0 Å². The first-order chi connectivity index (χ1) is 12.4. The van der Waals surface area contributed by atoms with Crippen molar-refractivity contribution in [2.24, 2.45) is 5.10 Å². The van der Waals surface area contributed by atoms with Crippen LogP contribution in [0.2, 0.25) is 0 Å². The molecule has 0 aliphatic rings. The van der Waals surface area contributed by atoms with Crippen LogP contribution in [0.1, 0.15) is 41.6 Å². The van der Waals surface area contributed by atoms with E-state index in [-0.39, 0.29) is 11.4 Å². The Bertz CT molecular complexity index is 956. The lowest BCUT2D eigenvalue weighted by atomic mass is 9.94. The maximum Gasteiger partial charge on any atom is 0.337 e. The van der Waals surface area contributed by atoms with Gasteiger partial charge in [0.1, 0.15) is 11.2 Å². The van der Waals surface area contributed by atoms with Gasteiger partial charge in [-0.25, -0.2) is 14.8 Å². The van der Waals surface area contributed by atoms with Crippen molar-refractivity contribution in [3.05, 3.63) is 52.7 Å². The largest absolute Gasteiger partial charge is 0.465 e. The summed E-state index contributed by atoms with van der Waals surface area (Å²) in [4.78, 5) is 22.3. The van der Waals surface area contributed by atoms with Gasteiger partial charge in [-0.3, -0.25) is 5.43 Å². The summed E-state index contributed by atoms with van der Waals surface area (Å²) in [5.74, 6) is 0.311. The summed E-state index contributed by atoms with van der Waals surface area (Å²) in [6.45, 7) is 6.52. The third-order valence-electron chi connectivity index (χ3n) is 3.78. The second-order valence-electron chi connectivity index (χ2n) is 6.79. The number of hydrazone groups is 1. The monoisotopic (exact) mass is 368 g/mol. The number of anilines is 1. The summed E-state index contributed by atoms with van der Waals surface area (Å²) >= 11 is 1.67. The third kappa shape index (κ3) is 3.88. The van der Waals surface area contributed by atoms with E-state index in [4.69, 9.17) is 0 Å². The SMILES string of the molecule is COC(=O)c1ccc(/C=N/Nc2ncnc3sc(C(C)(C)C)cc23)cc1. The Morgan fingerprint density at radius 1 is 1.23 bits per heavy atom. The van der Waals surface area contributed by atoms with Crippen LogP contribution >= 0.6 is 11.3 Å². The fourth-order valence-corrected chi connectivity index (χ4v) is 3.36. The number of carbonyl (C=O) groups is 1. The third-order valence-corrected chi connectivity index (χ3v) is 5.25. The van der Waals surface area contributed by atoms with Crippen LogP contribution in [0.5, 0.6) is 0 Å². The van der Waals surface area contributed by atoms with Crippen molar-refractivity contribution in [2.75, 3.05) is 12.5 Å². The van der Waals surface area contributed by atoms with E-state index in [0.29, 0.717) is 11.4 Å². The fraction of sp³-hybridized carbons (Fsp3) is 0.263. The van der Waals surface area contributed by atoms with E-state index in [1.165, 1.54) is 18.3 Å². The number of hydrogen-bond donors (Lipinski definition) is 1. The molecule has 0 saturated carbocycles. The van der Waals surface area contributed by atoms with Crippen LogP contribution < -0.4 is 5.43 Å². The van der Waals surface area contributed by atoms with Gasteiger partial charge in [0.15, 0.2) is 5.82 Å². The predicted octanol–water partition coefficient (Wildman–Crippen LogP) is 4.22. The second kappa shape index (κ2) is 7.21. The Labute approximate surface area is 155 Å². The van der Waals surface area contributed by atoms with Crippen LogP contribution in [0, 0.1) is 0 Å². The van der Waals surface area contributed by atoms with Gasteiger partial charge in [0, 0.05) is 4.88 Å². The normalized spacial score (nSPS) is 11.8. The summed E-state index contributed by atoms with van der Waals surface area (Å²) < 4.78 is 4.68. The highest BCUT2D eigenvalue weighted by Gasteiger charge is 2.18. The zero-order valence-corrected chi connectivity index (χ0v) is 15.9. The van der Waals surface area contributed by atoms with Gasteiger partial charge < -0.3 is 4.74 Å². The number of hydrogen-bond acceptors (Lipinski definition) is 7. The highest BCUT2D eigenvalue weighted by Crippen LogP contribution is 2.35. The fourth-order valence-electron chi connectivity index (χ4n) is 2.31. The number of ether oxygens (including phenoxy) is 1. The molecular formula is C19H20N4O2S. The quantitative estimate of drug-likeness (QED) is 0.424. The van der Waals surface area contributed by atoms with E-state index < -0.39 is 0 Å². The number of aromatic nitrogens is 2. The minimum atomic E-state index is -0.359.